The lowest BCUT2D eigenvalue weighted by Gasteiger charge is -1.94. The van der Waals surface area contributed by atoms with Gasteiger partial charge in [-0.2, -0.15) is 5.26 Å². The fraction of sp³-hybridized carbons (Fsp3) is 0.0833. The molecule has 3 rings (SSSR count). The summed E-state index contributed by atoms with van der Waals surface area (Å²) in [6.07, 6.45) is 0. The molecule has 18 heavy (non-hydrogen) atoms. The van der Waals surface area contributed by atoms with Gasteiger partial charge in [-0.25, -0.2) is 9.78 Å². The van der Waals surface area contributed by atoms with Crippen molar-refractivity contribution in [1.29, 1.82) is 5.26 Å². The average Bonchev–Trinajstić information content (AvgIpc) is 2.89. The van der Waals surface area contributed by atoms with Crippen molar-refractivity contribution in [1.82, 2.24) is 9.97 Å². The minimum absolute atomic E-state index is 0.477. The summed E-state index contributed by atoms with van der Waals surface area (Å²) in [5.74, 6) is -0.477. The van der Waals surface area contributed by atoms with Crippen molar-refractivity contribution < 1.29 is 4.42 Å². The highest BCUT2D eigenvalue weighted by molar-refractivity contribution is 7.15. The molecule has 3 aromatic rings. The van der Waals surface area contributed by atoms with Gasteiger partial charge in [-0.15, -0.1) is 11.3 Å². The van der Waals surface area contributed by atoms with E-state index in [9.17, 15) is 4.79 Å². The van der Waals surface area contributed by atoms with Crippen LogP contribution in [-0.4, -0.2) is 9.97 Å². The number of oxazole rings is 1. The number of rotatable bonds is 1. The largest absolute Gasteiger partial charge is 0.417 e. The molecule has 2 aromatic heterocycles. The SMILES string of the molecule is Cc1nc(-c2ccc3oc(=O)[nH]c3c2)sc1C#N. The maximum absolute atomic E-state index is 11.1. The van der Waals surface area contributed by atoms with Crippen molar-refractivity contribution in [2.45, 2.75) is 6.92 Å². The number of H-pyrrole nitrogens is 1. The lowest BCUT2D eigenvalue weighted by molar-refractivity contribution is 0.555. The maximum Gasteiger partial charge on any atom is 0.417 e. The predicted molar refractivity (Wildman–Crippen MR) is 67.4 cm³/mol. The van der Waals surface area contributed by atoms with E-state index < -0.39 is 5.76 Å². The fourth-order valence-corrected chi connectivity index (χ4v) is 2.57. The Balaban J connectivity index is 2.18. The van der Waals surface area contributed by atoms with Crippen LogP contribution in [0.15, 0.2) is 27.4 Å². The van der Waals surface area contributed by atoms with Gasteiger partial charge in [0.2, 0.25) is 0 Å². The number of benzene rings is 1. The first kappa shape index (κ1) is 10.7. The first-order valence-electron chi connectivity index (χ1n) is 5.18. The molecule has 6 heteroatoms. The molecule has 0 aliphatic carbocycles. The van der Waals surface area contributed by atoms with Crippen LogP contribution in [0, 0.1) is 18.3 Å². The zero-order valence-electron chi connectivity index (χ0n) is 9.35. The molecule has 0 atom stereocenters. The molecule has 0 spiro atoms. The first-order valence-corrected chi connectivity index (χ1v) is 6.00. The lowest BCUT2D eigenvalue weighted by atomic mass is 10.2. The minimum atomic E-state index is -0.477. The Morgan fingerprint density at radius 2 is 2.33 bits per heavy atom. The zero-order valence-corrected chi connectivity index (χ0v) is 10.2. The van der Waals surface area contributed by atoms with Crippen LogP contribution in [0.25, 0.3) is 21.7 Å². The van der Waals surface area contributed by atoms with Gasteiger partial charge in [-0.1, -0.05) is 0 Å². The summed E-state index contributed by atoms with van der Waals surface area (Å²) in [4.78, 5) is 18.6. The summed E-state index contributed by atoms with van der Waals surface area (Å²) in [7, 11) is 0. The van der Waals surface area contributed by atoms with Crippen LogP contribution >= 0.6 is 11.3 Å². The number of aromatic nitrogens is 2. The number of nitriles is 1. The van der Waals surface area contributed by atoms with Crippen molar-refractivity contribution in [2.24, 2.45) is 0 Å². The van der Waals surface area contributed by atoms with Gasteiger partial charge in [0.05, 0.1) is 11.2 Å². The maximum atomic E-state index is 11.1. The van der Waals surface area contributed by atoms with Crippen LogP contribution < -0.4 is 5.76 Å². The number of fused-ring (bicyclic) bond motifs is 1. The van der Waals surface area contributed by atoms with Crippen molar-refractivity contribution in [3.8, 4) is 16.6 Å². The Labute approximate surface area is 105 Å². The van der Waals surface area contributed by atoms with Crippen LogP contribution in [0.5, 0.6) is 0 Å². The van der Waals surface area contributed by atoms with Gasteiger partial charge < -0.3 is 4.42 Å². The Bertz CT molecular complexity index is 835. The summed E-state index contributed by atoms with van der Waals surface area (Å²) >= 11 is 1.33. The second-order valence-corrected chi connectivity index (χ2v) is 4.77. The predicted octanol–water partition coefficient (Wildman–Crippen LogP) is 2.42. The lowest BCUT2D eigenvalue weighted by Crippen LogP contribution is -1.92. The van der Waals surface area contributed by atoms with Crippen LogP contribution in [0.2, 0.25) is 0 Å². The summed E-state index contributed by atoms with van der Waals surface area (Å²) < 4.78 is 4.93. The number of thiazole rings is 1. The molecule has 88 valence electrons. The zero-order chi connectivity index (χ0) is 12.7. The number of hydrogen-bond acceptors (Lipinski definition) is 5. The second kappa shape index (κ2) is 3.82. The number of nitrogens with one attached hydrogen (secondary N) is 1. The molecule has 5 nitrogen and oxygen atoms in total. The second-order valence-electron chi connectivity index (χ2n) is 3.77. The molecule has 0 saturated heterocycles. The summed E-state index contributed by atoms with van der Waals surface area (Å²) in [6.45, 7) is 1.80. The van der Waals surface area contributed by atoms with Gasteiger partial charge in [0.1, 0.15) is 16.0 Å². The van der Waals surface area contributed by atoms with Crippen molar-refractivity contribution in [3.63, 3.8) is 0 Å². The van der Waals surface area contributed by atoms with Crippen molar-refractivity contribution in [3.05, 3.63) is 39.3 Å². The Kier molecular flexibility index (Phi) is 2.28. The number of aromatic amines is 1. The standard InChI is InChI=1S/C12H7N3O2S/c1-6-10(5-13)18-11(14-6)7-2-3-9-8(4-7)15-12(16)17-9/h2-4H,1H3,(H,15,16). The molecule has 0 saturated carbocycles. The normalized spacial score (nSPS) is 10.7. The van der Waals surface area contributed by atoms with E-state index in [1.807, 2.05) is 6.07 Å². The third-order valence-electron chi connectivity index (χ3n) is 2.56. The van der Waals surface area contributed by atoms with E-state index in [0.717, 1.165) is 16.3 Å². The molecule has 0 aliphatic rings. The minimum Gasteiger partial charge on any atom is -0.408 e. The van der Waals surface area contributed by atoms with E-state index in [0.29, 0.717) is 16.0 Å². The quantitative estimate of drug-likeness (QED) is 0.725. The third kappa shape index (κ3) is 1.61. The van der Waals surface area contributed by atoms with Gasteiger partial charge in [0.25, 0.3) is 0 Å². The Morgan fingerprint density at radius 1 is 1.50 bits per heavy atom. The van der Waals surface area contributed by atoms with Crippen molar-refractivity contribution in [2.75, 3.05) is 0 Å². The van der Waals surface area contributed by atoms with Crippen LogP contribution in [-0.2, 0) is 0 Å². The Morgan fingerprint density at radius 3 is 3.06 bits per heavy atom. The van der Waals surface area contributed by atoms with E-state index in [2.05, 4.69) is 16.0 Å². The molecular weight excluding hydrogens is 250 g/mol. The Hall–Kier alpha value is -2.39. The molecule has 0 fully saturated rings. The number of nitrogens with zero attached hydrogens (tertiary/aromatic N) is 2. The summed E-state index contributed by atoms with van der Waals surface area (Å²) in [5, 5.41) is 9.67. The van der Waals surface area contributed by atoms with Gasteiger partial charge in [-0.05, 0) is 25.1 Å². The number of hydrogen-bond donors (Lipinski definition) is 1. The number of aryl methyl sites for hydroxylation is 1. The topological polar surface area (TPSA) is 82.7 Å². The summed E-state index contributed by atoms with van der Waals surface area (Å²) in [6, 6.07) is 7.43. The van der Waals surface area contributed by atoms with E-state index in [1.54, 1.807) is 19.1 Å². The van der Waals surface area contributed by atoms with Gasteiger partial charge >= 0.3 is 5.76 Å². The van der Waals surface area contributed by atoms with Gasteiger partial charge in [-0.3, -0.25) is 4.98 Å². The van der Waals surface area contributed by atoms with E-state index in [4.69, 9.17) is 9.68 Å². The summed E-state index contributed by atoms with van der Waals surface area (Å²) in [5.41, 5.74) is 2.72. The van der Waals surface area contributed by atoms with Crippen LogP contribution in [0.4, 0.5) is 0 Å². The molecular formula is C12H7N3O2S. The molecule has 0 aliphatic heterocycles. The van der Waals surface area contributed by atoms with Crippen molar-refractivity contribution >= 4 is 22.4 Å². The first-order chi connectivity index (χ1) is 8.67. The smallest absolute Gasteiger partial charge is 0.408 e. The van der Waals surface area contributed by atoms with Gasteiger partial charge in [0, 0.05) is 5.56 Å². The molecule has 0 unspecified atom stereocenters. The van der Waals surface area contributed by atoms with Crippen LogP contribution in [0.3, 0.4) is 0 Å². The average molecular weight is 257 g/mol. The fourth-order valence-electron chi connectivity index (χ4n) is 1.71. The highest BCUT2D eigenvalue weighted by Gasteiger charge is 2.10. The third-order valence-corrected chi connectivity index (χ3v) is 3.68. The molecule has 1 N–H and O–H groups in total. The highest BCUT2D eigenvalue weighted by atomic mass is 32.1. The molecule has 2 heterocycles. The molecule has 0 amide bonds. The molecule has 1 aromatic carbocycles. The van der Waals surface area contributed by atoms with E-state index >= 15 is 0 Å². The molecule has 0 radical (unpaired) electrons. The van der Waals surface area contributed by atoms with Crippen LogP contribution in [0.1, 0.15) is 10.6 Å². The van der Waals surface area contributed by atoms with E-state index in [-0.39, 0.29) is 0 Å². The highest BCUT2D eigenvalue weighted by Crippen LogP contribution is 2.28. The molecule has 0 bridgehead atoms. The van der Waals surface area contributed by atoms with E-state index in [1.165, 1.54) is 11.3 Å². The monoisotopic (exact) mass is 257 g/mol. The van der Waals surface area contributed by atoms with Gasteiger partial charge in [0.15, 0.2) is 5.58 Å².